The highest BCUT2D eigenvalue weighted by molar-refractivity contribution is 6.33. The summed E-state index contributed by atoms with van der Waals surface area (Å²) in [5.41, 5.74) is 0.853. The molecule has 0 spiro atoms. The van der Waals surface area contributed by atoms with Crippen LogP contribution in [-0.4, -0.2) is 21.7 Å². The Bertz CT molecular complexity index is 418. The number of aromatic nitrogens is 3. The van der Waals surface area contributed by atoms with Crippen molar-refractivity contribution in [2.24, 2.45) is 0 Å². The van der Waals surface area contributed by atoms with Crippen molar-refractivity contribution in [3.63, 3.8) is 0 Å². The lowest BCUT2D eigenvalue weighted by Gasteiger charge is -2.05. The minimum atomic E-state index is 0.600. The lowest BCUT2D eigenvalue weighted by molar-refractivity contribution is 0.380. The second-order valence-electron chi connectivity index (χ2n) is 2.87. The molecule has 0 unspecified atom stereocenters. The molecule has 0 aliphatic carbocycles. The highest BCUT2D eigenvalue weighted by Gasteiger charge is 2.00. The van der Waals surface area contributed by atoms with Gasteiger partial charge in [-0.2, -0.15) is 4.98 Å². The topological polar surface area (TPSA) is 63.8 Å². The van der Waals surface area contributed by atoms with Gasteiger partial charge < -0.3 is 9.84 Å². The molecule has 2 rings (SSSR count). The zero-order valence-corrected chi connectivity index (χ0v) is 8.61. The molecule has 2 aromatic heterocycles. The van der Waals surface area contributed by atoms with Crippen LogP contribution >= 0.6 is 11.6 Å². The highest BCUT2D eigenvalue weighted by Crippen LogP contribution is 2.18. The van der Waals surface area contributed by atoms with E-state index in [1.807, 2.05) is 6.07 Å². The van der Waals surface area contributed by atoms with Crippen molar-refractivity contribution in [3.05, 3.63) is 35.7 Å². The Morgan fingerprint density at radius 3 is 3.13 bits per heavy atom. The molecule has 0 aliphatic heterocycles. The van der Waals surface area contributed by atoms with E-state index in [-0.39, 0.29) is 0 Å². The Balaban J connectivity index is 1.86. The molecule has 0 aromatic carbocycles. The first kappa shape index (κ1) is 9.92. The van der Waals surface area contributed by atoms with Crippen LogP contribution in [0.5, 0.6) is 0 Å². The van der Waals surface area contributed by atoms with Crippen LogP contribution in [0.25, 0.3) is 0 Å². The van der Waals surface area contributed by atoms with Crippen molar-refractivity contribution in [1.82, 2.24) is 15.1 Å². The maximum absolute atomic E-state index is 5.91. The minimum Gasteiger partial charge on any atom is -0.383 e. The molecule has 2 heterocycles. The van der Waals surface area contributed by atoms with E-state index in [4.69, 9.17) is 16.1 Å². The van der Waals surface area contributed by atoms with Crippen LogP contribution in [0.1, 0.15) is 5.89 Å². The summed E-state index contributed by atoms with van der Waals surface area (Å²) in [6, 6.07) is 1.82. The van der Waals surface area contributed by atoms with Crippen LogP contribution in [0.3, 0.4) is 0 Å². The third kappa shape index (κ3) is 2.66. The molecule has 0 atom stereocenters. The van der Waals surface area contributed by atoms with Gasteiger partial charge in [-0.25, -0.2) is 0 Å². The normalized spacial score (nSPS) is 10.2. The van der Waals surface area contributed by atoms with Crippen molar-refractivity contribution in [3.8, 4) is 0 Å². The largest absolute Gasteiger partial charge is 0.383 e. The maximum atomic E-state index is 5.91. The van der Waals surface area contributed by atoms with Crippen LogP contribution < -0.4 is 5.32 Å². The summed E-state index contributed by atoms with van der Waals surface area (Å²) in [5, 5.41) is 7.27. The predicted molar refractivity (Wildman–Crippen MR) is 55.7 cm³/mol. The molecule has 0 saturated carbocycles. The van der Waals surface area contributed by atoms with Crippen LogP contribution in [-0.2, 0) is 6.42 Å². The SMILES string of the molecule is Clc1cnccc1NCCc1ncno1. The number of hydrogen-bond acceptors (Lipinski definition) is 5. The van der Waals surface area contributed by atoms with Crippen molar-refractivity contribution in [1.29, 1.82) is 0 Å². The summed E-state index contributed by atoms with van der Waals surface area (Å²) in [7, 11) is 0. The van der Waals surface area contributed by atoms with Gasteiger partial charge in [-0.3, -0.25) is 4.98 Å². The molecular weight excluding hydrogens is 216 g/mol. The molecule has 15 heavy (non-hydrogen) atoms. The van der Waals surface area contributed by atoms with Gasteiger partial charge in [0, 0.05) is 25.4 Å². The number of anilines is 1. The van der Waals surface area contributed by atoms with E-state index in [1.165, 1.54) is 6.33 Å². The summed E-state index contributed by atoms with van der Waals surface area (Å²) in [6.45, 7) is 0.686. The third-order valence-corrected chi connectivity index (χ3v) is 2.13. The molecule has 78 valence electrons. The molecule has 0 aliphatic rings. The molecule has 0 bridgehead atoms. The number of halogens is 1. The molecular formula is C9H9ClN4O. The van der Waals surface area contributed by atoms with E-state index in [0.717, 1.165) is 5.69 Å². The predicted octanol–water partition coefficient (Wildman–Crippen LogP) is 1.77. The minimum absolute atomic E-state index is 0.600. The zero-order valence-electron chi connectivity index (χ0n) is 7.85. The van der Waals surface area contributed by atoms with Gasteiger partial charge >= 0.3 is 0 Å². The molecule has 0 fully saturated rings. The van der Waals surface area contributed by atoms with Gasteiger partial charge in [0.15, 0.2) is 6.33 Å². The fourth-order valence-corrected chi connectivity index (χ4v) is 1.31. The average Bonchev–Trinajstić information content (AvgIpc) is 2.74. The van der Waals surface area contributed by atoms with Gasteiger partial charge in [0.1, 0.15) is 0 Å². The Labute approximate surface area is 91.5 Å². The van der Waals surface area contributed by atoms with Gasteiger partial charge in [0.25, 0.3) is 0 Å². The molecule has 2 aromatic rings. The van der Waals surface area contributed by atoms with Crippen molar-refractivity contribution >= 4 is 17.3 Å². The molecule has 0 radical (unpaired) electrons. The standard InChI is InChI=1S/C9H9ClN4O/c10-7-5-11-3-1-8(7)12-4-2-9-13-6-14-15-9/h1,3,5-6H,2,4H2,(H,11,12). The quantitative estimate of drug-likeness (QED) is 0.858. The second kappa shape index (κ2) is 4.75. The fraction of sp³-hybridized carbons (Fsp3) is 0.222. The number of nitrogens with one attached hydrogen (secondary N) is 1. The van der Waals surface area contributed by atoms with Crippen LogP contribution in [0, 0.1) is 0 Å². The highest BCUT2D eigenvalue weighted by atomic mass is 35.5. The molecule has 0 saturated heterocycles. The number of rotatable bonds is 4. The number of hydrogen-bond donors (Lipinski definition) is 1. The lowest BCUT2D eigenvalue weighted by Crippen LogP contribution is -2.05. The first-order chi connectivity index (χ1) is 7.36. The Morgan fingerprint density at radius 1 is 1.47 bits per heavy atom. The zero-order chi connectivity index (χ0) is 10.5. The summed E-state index contributed by atoms with van der Waals surface area (Å²) in [4.78, 5) is 7.80. The molecule has 5 nitrogen and oxygen atoms in total. The monoisotopic (exact) mass is 224 g/mol. The first-order valence-electron chi connectivity index (χ1n) is 4.45. The average molecular weight is 225 g/mol. The Hall–Kier alpha value is -1.62. The fourth-order valence-electron chi connectivity index (χ4n) is 1.13. The van der Waals surface area contributed by atoms with Crippen LogP contribution in [0.4, 0.5) is 5.69 Å². The number of nitrogens with zero attached hydrogens (tertiary/aromatic N) is 3. The van der Waals surface area contributed by atoms with Crippen LogP contribution in [0.2, 0.25) is 5.02 Å². The van der Waals surface area contributed by atoms with Gasteiger partial charge in [-0.05, 0) is 6.07 Å². The summed E-state index contributed by atoms with van der Waals surface area (Å²) >= 11 is 5.91. The molecule has 0 amide bonds. The van der Waals surface area contributed by atoms with Gasteiger partial charge in [-0.15, -0.1) is 0 Å². The molecule has 1 N–H and O–H groups in total. The number of pyridine rings is 1. The first-order valence-corrected chi connectivity index (χ1v) is 4.83. The smallest absolute Gasteiger partial charge is 0.228 e. The van der Waals surface area contributed by atoms with E-state index in [0.29, 0.717) is 23.9 Å². The van der Waals surface area contributed by atoms with E-state index < -0.39 is 0 Å². The summed E-state index contributed by atoms with van der Waals surface area (Å²) in [5.74, 6) is 0.604. The summed E-state index contributed by atoms with van der Waals surface area (Å²) in [6.07, 6.45) is 5.32. The maximum Gasteiger partial charge on any atom is 0.228 e. The van der Waals surface area contributed by atoms with E-state index in [1.54, 1.807) is 12.4 Å². The third-order valence-electron chi connectivity index (χ3n) is 1.83. The van der Waals surface area contributed by atoms with E-state index in [2.05, 4.69) is 20.4 Å². The Kier molecular flexibility index (Phi) is 3.14. The van der Waals surface area contributed by atoms with Crippen LogP contribution in [0.15, 0.2) is 29.3 Å². The summed E-state index contributed by atoms with van der Waals surface area (Å²) < 4.78 is 4.86. The van der Waals surface area contributed by atoms with E-state index in [9.17, 15) is 0 Å². The van der Waals surface area contributed by atoms with Crippen molar-refractivity contribution in [2.45, 2.75) is 6.42 Å². The molecule has 6 heteroatoms. The van der Waals surface area contributed by atoms with Gasteiger partial charge in [-0.1, -0.05) is 16.8 Å². The second-order valence-corrected chi connectivity index (χ2v) is 3.27. The van der Waals surface area contributed by atoms with E-state index >= 15 is 0 Å². The van der Waals surface area contributed by atoms with Gasteiger partial charge in [0.2, 0.25) is 5.89 Å². The van der Waals surface area contributed by atoms with Crippen molar-refractivity contribution in [2.75, 3.05) is 11.9 Å². The van der Waals surface area contributed by atoms with Crippen molar-refractivity contribution < 1.29 is 4.52 Å². The van der Waals surface area contributed by atoms with Gasteiger partial charge in [0.05, 0.1) is 10.7 Å². The Morgan fingerprint density at radius 2 is 2.40 bits per heavy atom. The lowest BCUT2D eigenvalue weighted by atomic mass is 10.3.